The van der Waals surface area contributed by atoms with Crippen LogP contribution in [0.2, 0.25) is 0 Å². The number of carbonyl (C=O) groups is 1. The Morgan fingerprint density at radius 1 is 1.12 bits per heavy atom. The summed E-state index contributed by atoms with van der Waals surface area (Å²) in [7, 11) is -3.40. The highest BCUT2D eigenvalue weighted by Crippen LogP contribution is 2.13. The molecule has 0 fully saturated rings. The lowest BCUT2D eigenvalue weighted by Crippen LogP contribution is -2.35. The summed E-state index contributed by atoms with van der Waals surface area (Å²) in [5, 5.41) is 2.92. The number of benzene rings is 2. The molecular weight excluding hydrogens is 348 g/mol. The molecule has 0 aliphatic heterocycles. The Balaban J connectivity index is 1.95. The first-order valence-electron chi connectivity index (χ1n) is 8.60. The largest absolute Gasteiger partial charge is 0.350 e. The van der Waals surface area contributed by atoms with E-state index in [0.717, 1.165) is 16.7 Å². The Bertz CT molecular complexity index is 835. The SMILES string of the molecule is Cc1cccc(CN(CCC(=O)NC(C)c2ccccc2)S(C)(=O)=O)c1. The average molecular weight is 375 g/mol. The van der Waals surface area contributed by atoms with E-state index >= 15 is 0 Å². The third-order valence-electron chi connectivity index (χ3n) is 4.18. The van der Waals surface area contributed by atoms with Crippen molar-refractivity contribution in [2.24, 2.45) is 0 Å². The van der Waals surface area contributed by atoms with Gasteiger partial charge in [0.15, 0.2) is 0 Å². The molecule has 0 aliphatic carbocycles. The number of amides is 1. The zero-order valence-corrected chi connectivity index (χ0v) is 16.3. The summed E-state index contributed by atoms with van der Waals surface area (Å²) in [6.07, 6.45) is 1.29. The van der Waals surface area contributed by atoms with Gasteiger partial charge in [-0.05, 0) is 25.0 Å². The van der Waals surface area contributed by atoms with Gasteiger partial charge in [0, 0.05) is 19.5 Å². The molecule has 0 heterocycles. The minimum atomic E-state index is -3.40. The molecule has 0 saturated carbocycles. The number of nitrogens with zero attached hydrogens (tertiary/aromatic N) is 1. The minimum Gasteiger partial charge on any atom is -0.350 e. The smallest absolute Gasteiger partial charge is 0.221 e. The molecule has 0 radical (unpaired) electrons. The van der Waals surface area contributed by atoms with Crippen LogP contribution in [0.1, 0.15) is 36.1 Å². The molecule has 0 aromatic heterocycles. The van der Waals surface area contributed by atoms with Crippen molar-refractivity contribution in [3.8, 4) is 0 Å². The standard InChI is InChI=1S/C20H26N2O3S/c1-16-8-7-9-18(14-16)15-22(26(3,24)25)13-12-20(23)21-17(2)19-10-5-4-6-11-19/h4-11,14,17H,12-13,15H2,1-3H3,(H,21,23). The van der Waals surface area contributed by atoms with Gasteiger partial charge in [-0.25, -0.2) is 8.42 Å². The number of nitrogens with one attached hydrogen (secondary N) is 1. The van der Waals surface area contributed by atoms with E-state index in [2.05, 4.69) is 5.32 Å². The number of sulfonamides is 1. The maximum atomic E-state index is 12.2. The van der Waals surface area contributed by atoms with Gasteiger partial charge in [-0.1, -0.05) is 60.2 Å². The summed E-state index contributed by atoms with van der Waals surface area (Å²) in [5.41, 5.74) is 3.00. The van der Waals surface area contributed by atoms with E-state index in [0.29, 0.717) is 0 Å². The zero-order valence-electron chi connectivity index (χ0n) is 15.5. The van der Waals surface area contributed by atoms with Gasteiger partial charge in [0.2, 0.25) is 15.9 Å². The van der Waals surface area contributed by atoms with Crippen molar-refractivity contribution < 1.29 is 13.2 Å². The van der Waals surface area contributed by atoms with Crippen LogP contribution in [0.5, 0.6) is 0 Å². The van der Waals surface area contributed by atoms with Crippen LogP contribution in [0, 0.1) is 6.92 Å². The molecule has 0 aliphatic rings. The maximum Gasteiger partial charge on any atom is 0.221 e. The number of carbonyl (C=O) groups excluding carboxylic acids is 1. The van der Waals surface area contributed by atoms with Crippen LogP contribution in [0.4, 0.5) is 0 Å². The molecule has 2 aromatic carbocycles. The molecule has 0 spiro atoms. The van der Waals surface area contributed by atoms with Gasteiger partial charge in [0.25, 0.3) is 0 Å². The van der Waals surface area contributed by atoms with Gasteiger partial charge in [-0.15, -0.1) is 0 Å². The first-order chi connectivity index (χ1) is 12.3. The highest BCUT2D eigenvalue weighted by Gasteiger charge is 2.19. The molecule has 6 heteroatoms. The Morgan fingerprint density at radius 3 is 2.42 bits per heavy atom. The van der Waals surface area contributed by atoms with Crippen LogP contribution in [0.15, 0.2) is 54.6 Å². The third-order valence-corrected chi connectivity index (χ3v) is 5.43. The zero-order chi connectivity index (χ0) is 19.2. The van der Waals surface area contributed by atoms with Crippen LogP contribution >= 0.6 is 0 Å². The number of aryl methyl sites for hydroxylation is 1. The normalized spacial score (nSPS) is 12.8. The summed E-state index contributed by atoms with van der Waals surface area (Å²) >= 11 is 0. The van der Waals surface area contributed by atoms with E-state index in [1.807, 2.05) is 68.4 Å². The summed E-state index contributed by atoms with van der Waals surface area (Å²) in [6.45, 7) is 4.29. The van der Waals surface area contributed by atoms with Crippen LogP contribution in [0.3, 0.4) is 0 Å². The second-order valence-corrected chi connectivity index (χ2v) is 8.52. The summed E-state index contributed by atoms with van der Waals surface area (Å²) in [4.78, 5) is 12.2. The molecule has 26 heavy (non-hydrogen) atoms. The van der Waals surface area contributed by atoms with Gasteiger partial charge in [-0.3, -0.25) is 4.79 Å². The van der Waals surface area contributed by atoms with Gasteiger partial charge in [-0.2, -0.15) is 4.31 Å². The predicted molar refractivity (Wildman–Crippen MR) is 104 cm³/mol. The van der Waals surface area contributed by atoms with E-state index in [1.165, 1.54) is 10.6 Å². The van der Waals surface area contributed by atoms with Crippen molar-refractivity contribution in [3.05, 3.63) is 71.3 Å². The quantitative estimate of drug-likeness (QED) is 0.772. The van der Waals surface area contributed by atoms with Crippen molar-refractivity contribution >= 4 is 15.9 Å². The lowest BCUT2D eigenvalue weighted by atomic mass is 10.1. The van der Waals surface area contributed by atoms with Crippen molar-refractivity contribution in [1.82, 2.24) is 9.62 Å². The molecule has 1 amide bonds. The first kappa shape index (κ1) is 20.1. The van der Waals surface area contributed by atoms with Gasteiger partial charge < -0.3 is 5.32 Å². The van der Waals surface area contributed by atoms with Crippen molar-refractivity contribution in [1.29, 1.82) is 0 Å². The lowest BCUT2D eigenvalue weighted by Gasteiger charge is -2.21. The third kappa shape index (κ3) is 6.28. The molecule has 1 N–H and O–H groups in total. The van der Waals surface area contributed by atoms with E-state index in [1.54, 1.807) is 0 Å². The van der Waals surface area contributed by atoms with E-state index in [4.69, 9.17) is 0 Å². The highest BCUT2D eigenvalue weighted by atomic mass is 32.2. The van der Waals surface area contributed by atoms with Gasteiger partial charge in [0.05, 0.1) is 12.3 Å². The molecule has 2 aromatic rings. The number of hydrogen-bond acceptors (Lipinski definition) is 3. The van der Waals surface area contributed by atoms with Crippen LogP contribution in [-0.4, -0.2) is 31.4 Å². The fraction of sp³-hybridized carbons (Fsp3) is 0.350. The minimum absolute atomic E-state index is 0.118. The van der Waals surface area contributed by atoms with Crippen molar-refractivity contribution in [2.45, 2.75) is 32.9 Å². The molecule has 1 atom stereocenters. The summed E-state index contributed by atoms with van der Waals surface area (Å²) in [6, 6.07) is 17.3. The van der Waals surface area contributed by atoms with E-state index in [-0.39, 0.29) is 31.5 Å². The van der Waals surface area contributed by atoms with Crippen LogP contribution < -0.4 is 5.32 Å². The molecular formula is C20H26N2O3S. The van der Waals surface area contributed by atoms with Crippen molar-refractivity contribution in [3.63, 3.8) is 0 Å². The molecule has 5 nitrogen and oxygen atoms in total. The lowest BCUT2D eigenvalue weighted by molar-refractivity contribution is -0.121. The Labute approximate surface area is 156 Å². The molecule has 0 saturated heterocycles. The predicted octanol–water partition coefficient (Wildman–Crippen LogP) is 3.02. The summed E-state index contributed by atoms with van der Waals surface area (Å²) < 4.78 is 25.5. The second kappa shape index (κ2) is 8.96. The number of rotatable bonds is 8. The number of hydrogen-bond donors (Lipinski definition) is 1. The second-order valence-electron chi connectivity index (χ2n) is 6.54. The Hall–Kier alpha value is -2.18. The maximum absolute atomic E-state index is 12.2. The summed E-state index contributed by atoms with van der Waals surface area (Å²) in [5.74, 6) is -0.167. The van der Waals surface area contributed by atoms with Crippen molar-refractivity contribution in [2.75, 3.05) is 12.8 Å². The Kier molecular flexibility index (Phi) is 6.94. The highest BCUT2D eigenvalue weighted by molar-refractivity contribution is 7.88. The molecule has 1 unspecified atom stereocenters. The average Bonchev–Trinajstić information content (AvgIpc) is 2.58. The Morgan fingerprint density at radius 2 is 1.81 bits per heavy atom. The van der Waals surface area contributed by atoms with Gasteiger partial charge in [0.1, 0.15) is 0 Å². The first-order valence-corrected chi connectivity index (χ1v) is 10.5. The van der Waals surface area contributed by atoms with Gasteiger partial charge >= 0.3 is 0 Å². The molecule has 0 bridgehead atoms. The van der Waals surface area contributed by atoms with E-state index < -0.39 is 10.0 Å². The molecule has 2 rings (SSSR count). The fourth-order valence-electron chi connectivity index (χ4n) is 2.74. The van der Waals surface area contributed by atoms with E-state index in [9.17, 15) is 13.2 Å². The molecule has 140 valence electrons. The van der Waals surface area contributed by atoms with Crippen LogP contribution in [0.25, 0.3) is 0 Å². The van der Waals surface area contributed by atoms with Crippen LogP contribution in [-0.2, 0) is 21.4 Å². The monoisotopic (exact) mass is 374 g/mol. The topological polar surface area (TPSA) is 66.5 Å². The fourth-order valence-corrected chi connectivity index (χ4v) is 3.55.